The Balaban J connectivity index is 1.06. The molecule has 36 heavy (non-hydrogen) atoms. The standard InChI is InChI=1S/C29H37N5O2/c35-28(14-13-27-32-25-11-4-5-12-26(25)33-27)30-24-10-6-7-21(19-24)20-34-17-15-22(16-18-34)29(36)31-23-8-2-1-3-9-23/h4-7,10-12,19,22-23H,1-3,8-9,13-18,20H2,(H,30,35)(H,31,36)(H,32,33). The molecule has 2 fully saturated rings. The van der Waals surface area contributed by atoms with Crippen molar-refractivity contribution in [2.24, 2.45) is 5.92 Å². The monoisotopic (exact) mass is 487 g/mol. The smallest absolute Gasteiger partial charge is 0.224 e. The Hall–Kier alpha value is -3.19. The number of anilines is 1. The molecule has 0 atom stereocenters. The fraction of sp³-hybridized carbons (Fsp3) is 0.483. The van der Waals surface area contributed by atoms with Gasteiger partial charge in [0.05, 0.1) is 11.0 Å². The van der Waals surface area contributed by atoms with E-state index >= 15 is 0 Å². The van der Waals surface area contributed by atoms with Crippen molar-refractivity contribution in [1.29, 1.82) is 0 Å². The van der Waals surface area contributed by atoms with E-state index in [0.29, 0.717) is 18.9 Å². The van der Waals surface area contributed by atoms with Crippen molar-refractivity contribution < 1.29 is 9.59 Å². The zero-order valence-corrected chi connectivity index (χ0v) is 21.0. The molecule has 0 radical (unpaired) electrons. The highest BCUT2D eigenvalue weighted by Crippen LogP contribution is 2.23. The maximum Gasteiger partial charge on any atom is 0.224 e. The number of likely N-dealkylation sites (tertiary alicyclic amines) is 1. The summed E-state index contributed by atoms with van der Waals surface area (Å²) in [5.41, 5.74) is 3.92. The highest BCUT2D eigenvalue weighted by atomic mass is 16.2. The molecule has 0 unspecified atom stereocenters. The minimum Gasteiger partial charge on any atom is -0.353 e. The fourth-order valence-electron chi connectivity index (χ4n) is 5.50. The van der Waals surface area contributed by atoms with Gasteiger partial charge in [-0.3, -0.25) is 14.5 Å². The predicted molar refractivity (Wildman–Crippen MR) is 143 cm³/mol. The van der Waals surface area contributed by atoms with Gasteiger partial charge in [0.2, 0.25) is 11.8 Å². The number of amides is 2. The van der Waals surface area contributed by atoms with Crippen molar-refractivity contribution in [3.63, 3.8) is 0 Å². The van der Waals surface area contributed by atoms with Crippen molar-refractivity contribution in [3.8, 4) is 0 Å². The van der Waals surface area contributed by atoms with Gasteiger partial charge >= 0.3 is 0 Å². The summed E-state index contributed by atoms with van der Waals surface area (Å²) in [6, 6.07) is 16.4. The van der Waals surface area contributed by atoms with Gasteiger partial charge in [-0.05, 0) is 68.6 Å². The molecule has 1 aliphatic heterocycles. The van der Waals surface area contributed by atoms with E-state index < -0.39 is 0 Å². The zero-order valence-electron chi connectivity index (χ0n) is 21.0. The third-order valence-corrected chi connectivity index (χ3v) is 7.55. The Kier molecular flexibility index (Phi) is 7.96. The lowest BCUT2D eigenvalue weighted by atomic mass is 9.92. The summed E-state index contributed by atoms with van der Waals surface area (Å²) >= 11 is 0. The summed E-state index contributed by atoms with van der Waals surface area (Å²) in [7, 11) is 0. The van der Waals surface area contributed by atoms with Gasteiger partial charge in [0, 0.05) is 37.0 Å². The largest absolute Gasteiger partial charge is 0.353 e. The summed E-state index contributed by atoms with van der Waals surface area (Å²) in [6.45, 7) is 2.69. The number of hydrogen-bond donors (Lipinski definition) is 3. The van der Waals surface area contributed by atoms with E-state index in [1.165, 1.54) is 24.8 Å². The number of hydrogen-bond acceptors (Lipinski definition) is 4. The molecule has 3 aromatic rings. The van der Waals surface area contributed by atoms with Crippen LogP contribution in [-0.4, -0.2) is 45.8 Å². The van der Waals surface area contributed by atoms with Gasteiger partial charge in [-0.25, -0.2) is 4.98 Å². The van der Waals surface area contributed by atoms with Crippen LogP contribution in [0.15, 0.2) is 48.5 Å². The summed E-state index contributed by atoms with van der Waals surface area (Å²) < 4.78 is 0. The van der Waals surface area contributed by atoms with Gasteiger partial charge in [-0.2, -0.15) is 0 Å². The van der Waals surface area contributed by atoms with E-state index in [4.69, 9.17) is 0 Å². The van der Waals surface area contributed by atoms with E-state index in [2.05, 4.69) is 37.6 Å². The lowest BCUT2D eigenvalue weighted by molar-refractivity contribution is -0.127. The van der Waals surface area contributed by atoms with Crippen molar-refractivity contribution in [2.45, 2.75) is 70.4 Å². The molecule has 1 saturated carbocycles. The maximum atomic E-state index is 12.7. The molecule has 7 nitrogen and oxygen atoms in total. The van der Waals surface area contributed by atoms with Crippen LogP contribution in [0.2, 0.25) is 0 Å². The first-order valence-corrected chi connectivity index (χ1v) is 13.5. The number of benzene rings is 2. The molecular weight excluding hydrogens is 450 g/mol. The van der Waals surface area contributed by atoms with Crippen molar-refractivity contribution in [2.75, 3.05) is 18.4 Å². The number of imidazole rings is 1. The number of carbonyl (C=O) groups excluding carboxylic acids is 2. The first-order valence-electron chi connectivity index (χ1n) is 13.5. The van der Waals surface area contributed by atoms with Gasteiger partial charge in [0.15, 0.2) is 0 Å². The first kappa shape index (κ1) is 24.5. The van der Waals surface area contributed by atoms with Crippen LogP contribution >= 0.6 is 0 Å². The number of aromatic amines is 1. The molecule has 3 N–H and O–H groups in total. The second kappa shape index (κ2) is 11.7. The number of fused-ring (bicyclic) bond motifs is 1. The van der Waals surface area contributed by atoms with E-state index in [1.54, 1.807) is 0 Å². The highest BCUT2D eigenvalue weighted by molar-refractivity contribution is 5.91. The van der Waals surface area contributed by atoms with Crippen LogP contribution in [0, 0.1) is 5.92 Å². The molecule has 2 aliphatic rings. The molecule has 7 heteroatoms. The fourth-order valence-corrected chi connectivity index (χ4v) is 5.50. The van der Waals surface area contributed by atoms with Gasteiger partial charge in [0.25, 0.3) is 0 Å². The van der Waals surface area contributed by atoms with E-state index in [9.17, 15) is 9.59 Å². The number of aromatic nitrogens is 2. The van der Waals surface area contributed by atoms with Crippen LogP contribution in [0.1, 0.15) is 62.8 Å². The predicted octanol–water partition coefficient (Wildman–Crippen LogP) is 4.80. The van der Waals surface area contributed by atoms with Gasteiger partial charge in [-0.1, -0.05) is 43.5 Å². The minimum absolute atomic E-state index is 0.0163. The number of carbonyl (C=O) groups is 2. The number of para-hydroxylation sites is 2. The number of H-pyrrole nitrogens is 1. The molecular formula is C29H37N5O2. The van der Waals surface area contributed by atoms with Crippen molar-refractivity contribution >= 4 is 28.5 Å². The summed E-state index contributed by atoms with van der Waals surface area (Å²) in [4.78, 5) is 35.5. The summed E-state index contributed by atoms with van der Waals surface area (Å²) in [6.07, 6.45) is 8.83. The summed E-state index contributed by atoms with van der Waals surface area (Å²) in [5.74, 6) is 1.21. The maximum absolute atomic E-state index is 12.7. The van der Waals surface area contributed by atoms with Crippen molar-refractivity contribution in [3.05, 3.63) is 59.9 Å². The minimum atomic E-state index is -0.0163. The first-order chi connectivity index (χ1) is 17.6. The quantitative estimate of drug-likeness (QED) is 0.426. The Morgan fingerprint density at radius 2 is 1.78 bits per heavy atom. The van der Waals surface area contributed by atoms with Crippen LogP contribution in [0.3, 0.4) is 0 Å². The lowest BCUT2D eigenvalue weighted by Crippen LogP contribution is -2.44. The Morgan fingerprint density at radius 1 is 0.972 bits per heavy atom. The normalized spacial score (nSPS) is 17.8. The SMILES string of the molecule is O=C(CCc1nc2ccccc2[nH]1)Nc1cccc(CN2CCC(C(=O)NC3CCCCC3)CC2)c1. The Bertz CT molecular complexity index is 1140. The molecule has 190 valence electrons. The summed E-state index contributed by atoms with van der Waals surface area (Å²) in [5, 5.41) is 6.33. The number of nitrogens with one attached hydrogen (secondary N) is 3. The molecule has 1 saturated heterocycles. The molecule has 2 aromatic carbocycles. The molecule has 0 bridgehead atoms. The average Bonchev–Trinajstić information content (AvgIpc) is 3.32. The number of nitrogens with zero attached hydrogens (tertiary/aromatic N) is 2. The van der Waals surface area contributed by atoms with Crippen LogP contribution in [0.5, 0.6) is 0 Å². The van der Waals surface area contributed by atoms with Crippen LogP contribution in [0.25, 0.3) is 11.0 Å². The van der Waals surface area contributed by atoms with E-state index in [1.807, 2.05) is 36.4 Å². The third-order valence-electron chi connectivity index (χ3n) is 7.55. The molecule has 5 rings (SSSR count). The molecule has 0 spiro atoms. The second-order valence-corrected chi connectivity index (χ2v) is 10.3. The van der Waals surface area contributed by atoms with Crippen molar-refractivity contribution in [1.82, 2.24) is 20.2 Å². The van der Waals surface area contributed by atoms with E-state index in [0.717, 1.165) is 67.9 Å². The number of piperidine rings is 1. The van der Waals surface area contributed by atoms with Gasteiger partial charge in [-0.15, -0.1) is 0 Å². The Labute approximate surface area is 213 Å². The molecule has 1 aromatic heterocycles. The van der Waals surface area contributed by atoms with Crippen LogP contribution in [0.4, 0.5) is 5.69 Å². The Morgan fingerprint density at radius 3 is 2.58 bits per heavy atom. The number of rotatable bonds is 8. The molecule has 1 aliphatic carbocycles. The topological polar surface area (TPSA) is 90.1 Å². The third kappa shape index (κ3) is 6.52. The molecule has 2 heterocycles. The second-order valence-electron chi connectivity index (χ2n) is 10.3. The van der Waals surface area contributed by atoms with Gasteiger partial charge in [0.1, 0.15) is 5.82 Å². The van der Waals surface area contributed by atoms with Crippen LogP contribution < -0.4 is 10.6 Å². The zero-order chi connectivity index (χ0) is 24.7. The number of aryl methyl sites for hydroxylation is 1. The highest BCUT2D eigenvalue weighted by Gasteiger charge is 2.27. The average molecular weight is 488 g/mol. The lowest BCUT2D eigenvalue weighted by Gasteiger charge is -2.32. The van der Waals surface area contributed by atoms with E-state index in [-0.39, 0.29) is 17.7 Å². The molecule has 2 amide bonds. The van der Waals surface area contributed by atoms with Crippen LogP contribution in [-0.2, 0) is 22.6 Å². The van der Waals surface area contributed by atoms with Gasteiger partial charge < -0.3 is 15.6 Å².